The molecule has 0 aliphatic rings. The molecule has 1 rings (SSSR count). The summed E-state index contributed by atoms with van der Waals surface area (Å²) >= 11 is 0. The predicted molar refractivity (Wildman–Crippen MR) is 81.2 cm³/mol. The molecule has 1 atom stereocenters. The molecule has 0 radical (unpaired) electrons. The first-order valence-corrected chi connectivity index (χ1v) is 6.80. The summed E-state index contributed by atoms with van der Waals surface area (Å²) in [4.78, 5) is 14.1. The number of benzene rings is 1. The van der Waals surface area contributed by atoms with Crippen molar-refractivity contribution in [3.05, 3.63) is 23.8 Å². The summed E-state index contributed by atoms with van der Waals surface area (Å²) in [6.07, 6.45) is 2.23. The van der Waals surface area contributed by atoms with Gasteiger partial charge in [-0.25, -0.2) is 0 Å². The van der Waals surface area contributed by atoms with Crippen LogP contribution in [-0.2, 0) is 4.79 Å². The lowest BCUT2D eigenvalue weighted by atomic mass is 10.1. The first-order chi connectivity index (χ1) is 8.93. The Labute approximate surface area is 116 Å². The van der Waals surface area contributed by atoms with Gasteiger partial charge in [-0.2, -0.15) is 0 Å². The highest BCUT2D eigenvalue weighted by Crippen LogP contribution is 2.17. The molecule has 4 nitrogen and oxygen atoms in total. The lowest BCUT2D eigenvalue weighted by Crippen LogP contribution is -2.36. The summed E-state index contributed by atoms with van der Waals surface area (Å²) in [6.45, 7) is 6.65. The third kappa shape index (κ3) is 4.91. The number of aryl methyl sites for hydroxylation is 1. The Morgan fingerprint density at radius 3 is 2.74 bits per heavy atom. The molecule has 1 unspecified atom stereocenters. The van der Waals surface area contributed by atoms with E-state index in [4.69, 9.17) is 5.73 Å². The minimum absolute atomic E-state index is 0.0123. The highest BCUT2D eigenvalue weighted by Gasteiger charge is 2.13. The largest absolute Gasteiger partial charge is 0.399 e. The van der Waals surface area contributed by atoms with E-state index in [1.54, 1.807) is 6.07 Å². The van der Waals surface area contributed by atoms with Gasteiger partial charge in [0.25, 0.3) is 0 Å². The first-order valence-electron chi connectivity index (χ1n) is 6.80. The second kappa shape index (κ2) is 7.14. The maximum atomic E-state index is 12.0. The second-order valence-electron chi connectivity index (χ2n) is 5.18. The highest BCUT2D eigenvalue weighted by atomic mass is 16.2. The summed E-state index contributed by atoms with van der Waals surface area (Å²) in [5.41, 5.74) is 8.22. The third-order valence-corrected chi connectivity index (χ3v) is 3.38. The molecule has 19 heavy (non-hydrogen) atoms. The highest BCUT2D eigenvalue weighted by molar-refractivity contribution is 5.93. The van der Waals surface area contributed by atoms with E-state index in [2.05, 4.69) is 24.1 Å². The van der Waals surface area contributed by atoms with Gasteiger partial charge in [-0.05, 0) is 51.1 Å². The van der Waals surface area contributed by atoms with Crippen LogP contribution in [0.25, 0.3) is 0 Å². The molecule has 0 heterocycles. The number of amides is 1. The fourth-order valence-electron chi connectivity index (χ4n) is 2.04. The number of nitrogen functional groups attached to an aromatic ring is 1. The molecule has 0 fully saturated rings. The van der Waals surface area contributed by atoms with Gasteiger partial charge in [0.1, 0.15) is 0 Å². The van der Waals surface area contributed by atoms with E-state index in [9.17, 15) is 4.79 Å². The van der Waals surface area contributed by atoms with Crippen molar-refractivity contribution in [1.82, 2.24) is 4.90 Å². The van der Waals surface area contributed by atoms with E-state index in [1.807, 2.05) is 26.1 Å². The standard InChI is InChI=1S/C15H25N3O/c1-5-6-12(3)18(4)10-15(19)17-14-8-7-13(16)9-11(14)2/h7-9,12H,5-6,10,16H2,1-4H3,(H,17,19). The molecule has 0 bridgehead atoms. The molecule has 0 saturated carbocycles. The topological polar surface area (TPSA) is 58.4 Å². The zero-order chi connectivity index (χ0) is 14.4. The van der Waals surface area contributed by atoms with Crippen LogP contribution in [0.5, 0.6) is 0 Å². The maximum Gasteiger partial charge on any atom is 0.238 e. The zero-order valence-corrected chi connectivity index (χ0v) is 12.4. The number of carbonyl (C=O) groups excluding carboxylic acids is 1. The van der Waals surface area contributed by atoms with Gasteiger partial charge < -0.3 is 11.1 Å². The molecule has 0 aliphatic carbocycles. The van der Waals surface area contributed by atoms with Crippen LogP contribution in [0.15, 0.2) is 18.2 Å². The van der Waals surface area contributed by atoms with Gasteiger partial charge in [0.2, 0.25) is 5.91 Å². The normalized spacial score (nSPS) is 12.5. The molecule has 1 aromatic carbocycles. The number of nitrogens with two attached hydrogens (primary N) is 1. The van der Waals surface area contributed by atoms with Crippen molar-refractivity contribution in [3.63, 3.8) is 0 Å². The van der Waals surface area contributed by atoms with Gasteiger partial charge in [0.15, 0.2) is 0 Å². The van der Waals surface area contributed by atoms with Crippen molar-refractivity contribution >= 4 is 17.3 Å². The van der Waals surface area contributed by atoms with E-state index in [-0.39, 0.29) is 5.91 Å². The maximum absolute atomic E-state index is 12.0. The Morgan fingerprint density at radius 1 is 1.47 bits per heavy atom. The molecule has 0 aliphatic heterocycles. The third-order valence-electron chi connectivity index (χ3n) is 3.38. The van der Waals surface area contributed by atoms with Crippen molar-refractivity contribution < 1.29 is 4.79 Å². The Kier molecular flexibility index (Phi) is 5.83. The van der Waals surface area contributed by atoms with Crippen LogP contribution >= 0.6 is 0 Å². The summed E-state index contributed by atoms with van der Waals surface area (Å²) in [7, 11) is 1.98. The number of rotatable bonds is 6. The number of hydrogen-bond donors (Lipinski definition) is 2. The van der Waals surface area contributed by atoms with Crippen LogP contribution in [0.1, 0.15) is 32.3 Å². The van der Waals surface area contributed by atoms with Gasteiger partial charge >= 0.3 is 0 Å². The Bertz CT molecular complexity index is 431. The minimum Gasteiger partial charge on any atom is -0.399 e. The summed E-state index contributed by atoms with van der Waals surface area (Å²) < 4.78 is 0. The lowest BCUT2D eigenvalue weighted by Gasteiger charge is -2.23. The zero-order valence-electron chi connectivity index (χ0n) is 12.4. The monoisotopic (exact) mass is 263 g/mol. The molecule has 1 aromatic rings. The van der Waals surface area contributed by atoms with Gasteiger partial charge in [0, 0.05) is 17.4 Å². The van der Waals surface area contributed by atoms with Gasteiger partial charge in [0.05, 0.1) is 6.54 Å². The van der Waals surface area contributed by atoms with Crippen LogP contribution in [0.2, 0.25) is 0 Å². The van der Waals surface area contributed by atoms with Gasteiger partial charge in [-0.1, -0.05) is 13.3 Å². The average molecular weight is 263 g/mol. The van der Waals surface area contributed by atoms with Crippen molar-refractivity contribution in [1.29, 1.82) is 0 Å². The van der Waals surface area contributed by atoms with Crippen molar-refractivity contribution in [2.45, 2.75) is 39.7 Å². The lowest BCUT2D eigenvalue weighted by molar-refractivity contribution is -0.117. The van der Waals surface area contributed by atoms with Crippen molar-refractivity contribution in [2.75, 3.05) is 24.6 Å². The first kappa shape index (κ1) is 15.5. The molecule has 0 aromatic heterocycles. The summed E-state index contributed by atoms with van der Waals surface area (Å²) in [5.74, 6) is 0.0123. The summed E-state index contributed by atoms with van der Waals surface area (Å²) in [6, 6.07) is 5.92. The second-order valence-corrected chi connectivity index (χ2v) is 5.18. The molecule has 0 saturated heterocycles. The molecule has 3 N–H and O–H groups in total. The van der Waals surface area contributed by atoms with Crippen molar-refractivity contribution in [3.8, 4) is 0 Å². The van der Waals surface area contributed by atoms with Crippen molar-refractivity contribution in [2.24, 2.45) is 0 Å². The Morgan fingerprint density at radius 2 is 2.16 bits per heavy atom. The van der Waals surface area contributed by atoms with E-state index in [0.717, 1.165) is 24.1 Å². The number of hydrogen-bond acceptors (Lipinski definition) is 3. The number of nitrogens with zero attached hydrogens (tertiary/aromatic N) is 1. The fourth-order valence-corrected chi connectivity index (χ4v) is 2.04. The van der Waals surface area contributed by atoms with Crippen LogP contribution in [0.3, 0.4) is 0 Å². The quantitative estimate of drug-likeness (QED) is 0.776. The van der Waals surface area contributed by atoms with Gasteiger partial charge in [-0.15, -0.1) is 0 Å². The number of nitrogens with one attached hydrogen (secondary N) is 1. The van der Waals surface area contributed by atoms with Crippen LogP contribution in [-0.4, -0.2) is 30.4 Å². The minimum atomic E-state index is 0.0123. The van der Waals surface area contributed by atoms with Crippen LogP contribution < -0.4 is 11.1 Å². The summed E-state index contributed by atoms with van der Waals surface area (Å²) in [5, 5.41) is 2.93. The molecule has 106 valence electrons. The Balaban J connectivity index is 2.55. The molecule has 0 spiro atoms. The predicted octanol–water partition coefficient (Wildman–Crippen LogP) is 2.64. The fraction of sp³-hybridized carbons (Fsp3) is 0.533. The number of carbonyl (C=O) groups is 1. The Hall–Kier alpha value is -1.55. The van der Waals surface area contributed by atoms with E-state index in [1.165, 1.54) is 0 Å². The van der Waals surface area contributed by atoms with Gasteiger partial charge in [-0.3, -0.25) is 9.69 Å². The van der Waals surface area contributed by atoms with Crippen LogP contribution in [0.4, 0.5) is 11.4 Å². The number of anilines is 2. The van der Waals surface area contributed by atoms with E-state index < -0.39 is 0 Å². The SMILES string of the molecule is CCCC(C)N(C)CC(=O)Nc1ccc(N)cc1C. The number of likely N-dealkylation sites (N-methyl/N-ethyl adjacent to an activating group) is 1. The average Bonchev–Trinajstić information content (AvgIpc) is 2.33. The molecule has 4 heteroatoms. The molecule has 1 amide bonds. The van der Waals surface area contributed by atoms with E-state index in [0.29, 0.717) is 18.3 Å². The molecular formula is C15H25N3O. The molecular weight excluding hydrogens is 238 g/mol. The van der Waals surface area contributed by atoms with Crippen LogP contribution in [0, 0.1) is 6.92 Å². The smallest absolute Gasteiger partial charge is 0.238 e. The van der Waals surface area contributed by atoms with E-state index >= 15 is 0 Å².